The van der Waals surface area contributed by atoms with E-state index in [1.165, 1.54) is 20.8 Å². The van der Waals surface area contributed by atoms with Crippen LogP contribution in [0.15, 0.2) is 0 Å². The van der Waals surface area contributed by atoms with Crippen LogP contribution in [0.1, 0.15) is 34.6 Å². The van der Waals surface area contributed by atoms with Crippen LogP contribution in [0.5, 0.6) is 0 Å². The van der Waals surface area contributed by atoms with Crippen LogP contribution in [0, 0.1) is 0 Å². The Labute approximate surface area is 336 Å². The van der Waals surface area contributed by atoms with Gasteiger partial charge < -0.3 is 114 Å². The monoisotopic (exact) mass is 863 g/mol. The lowest BCUT2D eigenvalue weighted by Gasteiger charge is -2.51. The van der Waals surface area contributed by atoms with Crippen molar-refractivity contribution in [3.8, 4) is 0 Å². The van der Waals surface area contributed by atoms with Gasteiger partial charge in [0.15, 0.2) is 37.6 Å². The van der Waals surface area contributed by atoms with Crippen molar-refractivity contribution >= 4 is 11.9 Å². The first-order chi connectivity index (χ1) is 27.7. The van der Waals surface area contributed by atoms with Gasteiger partial charge >= 0.3 is 5.97 Å². The number of carbonyl (C=O) groups excluding carboxylic acids is 2. The van der Waals surface area contributed by atoms with Crippen molar-refractivity contribution in [3.05, 3.63) is 0 Å². The molecule has 5 fully saturated rings. The van der Waals surface area contributed by atoms with Gasteiger partial charge in [0.05, 0.1) is 31.5 Å². The van der Waals surface area contributed by atoms with E-state index in [0.717, 1.165) is 13.8 Å². The van der Waals surface area contributed by atoms with Crippen LogP contribution in [-0.2, 0) is 57.0 Å². The number of hydrogen-bond donors (Lipinski definition) is 13. The molecule has 0 aromatic rings. The van der Waals surface area contributed by atoms with Gasteiger partial charge in [-0.05, 0) is 20.8 Å². The summed E-state index contributed by atoms with van der Waals surface area (Å²) in [4.78, 5) is 24.2. The smallest absolute Gasteiger partial charge is 0.303 e. The van der Waals surface area contributed by atoms with E-state index in [-0.39, 0.29) is 0 Å². The zero-order valence-corrected chi connectivity index (χ0v) is 32.6. The molecule has 5 rings (SSSR count). The molecule has 25 heteroatoms. The van der Waals surface area contributed by atoms with E-state index in [4.69, 9.17) is 47.4 Å². The summed E-state index contributed by atoms with van der Waals surface area (Å²) in [7, 11) is 0. The number of ether oxygens (including phenoxy) is 10. The summed E-state index contributed by atoms with van der Waals surface area (Å²) in [5, 5.41) is 131. The molecule has 0 aromatic carbocycles. The predicted octanol–water partition coefficient (Wildman–Crippen LogP) is -8.13. The molecule has 25 nitrogen and oxygen atoms in total. The first kappa shape index (κ1) is 48.1. The maximum absolute atomic E-state index is 12.3. The molecule has 342 valence electrons. The van der Waals surface area contributed by atoms with Crippen LogP contribution in [0.4, 0.5) is 0 Å². The molecule has 1 amide bonds. The molecule has 5 aliphatic rings. The fraction of sp³-hybridized carbons (Fsp3) is 0.941. The van der Waals surface area contributed by atoms with Gasteiger partial charge in [-0.25, -0.2) is 0 Å². The molecule has 59 heavy (non-hydrogen) atoms. The van der Waals surface area contributed by atoms with Gasteiger partial charge in [0.25, 0.3) is 0 Å². The average Bonchev–Trinajstić information content (AvgIpc) is 3.18. The van der Waals surface area contributed by atoms with Crippen LogP contribution < -0.4 is 5.32 Å². The van der Waals surface area contributed by atoms with Crippen LogP contribution in [-0.4, -0.2) is 240 Å². The van der Waals surface area contributed by atoms with Crippen LogP contribution in [0.2, 0.25) is 0 Å². The molecule has 5 aliphatic heterocycles. The van der Waals surface area contributed by atoms with Crippen molar-refractivity contribution < 1.29 is 118 Å². The Morgan fingerprint density at radius 3 is 1.49 bits per heavy atom. The molecule has 0 saturated carbocycles. The van der Waals surface area contributed by atoms with Crippen molar-refractivity contribution in [3.63, 3.8) is 0 Å². The number of carbonyl (C=O) groups is 2. The Hall–Kier alpha value is -1.90. The summed E-state index contributed by atoms with van der Waals surface area (Å²) < 4.78 is 58.0. The minimum absolute atomic E-state index is 0.747. The largest absolute Gasteiger partial charge is 0.454 e. The first-order valence-corrected chi connectivity index (χ1v) is 19.1. The standard InChI is InChI=1S/C34H57NO24/c1-8-16(40)23(47)27(33(51-8)57-25-17(41)9(2)50-30(49)28(25)53-12(5)39)58-34-29(59-31-15(35-11(4)38)21(45)19(43)13(6-36)54-31)26(18(42)10(3)52-34)56-32-24(48)22(46)20(44)14(7-37)55-32/h8-10,13-34,36-37,40-49H,6-7H2,1-5H3,(H,35,38)/t8-,9-,10-,13+,14+,15+,16-,17-,18-,19+,20+,21+,22-,23+,24+,25+,26+,27+,28+,29+,30+,31-,32+,33-,34-/m0/s1. The zero-order valence-electron chi connectivity index (χ0n) is 32.6. The summed E-state index contributed by atoms with van der Waals surface area (Å²) in [6.07, 6.45) is -41.3. The van der Waals surface area contributed by atoms with Crippen molar-refractivity contribution in [2.75, 3.05) is 13.2 Å². The van der Waals surface area contributed by atoms with E-state index in [1.54, 1.807) is 0 Å². The summed E-state index contributed by atoms with van der Waals surface area (Å²) in [5.74, 6) is -1.64. The molecule has 25 atom stereocenters. The SMILES string of the molecule is CC(=O)N[C@H]1[C@H](O[C@H]2[C@H](O[C@H]3[C@H](O[C@@H]4[C@@H](O)[C@H](C)O[C@@H](O)[C@@H]4OC(C)=O)O[C@@H](C)[C@H](O)[C@H]3O)O[C@@H](C)[C@H](O)[C@H]2O[C@H]2O[C@H](CO)[C@@H](O)[C@H](O)[C@H]2O)O[C@H](CO)[C@@H](O)[C@@H]1O. The van der Waals surface area contributed by atoms with Crippen molar-refractivity contribution in [2.45, 2.75) is 188 Å². The average molecular weight is 864 g/mol. The van der Waals surface area contributed by atoms with Gasteiger partial charge in [-0.3, -0.25) is 9.59 Å². The molecule has 0 bridgehead atoms. The molecule has 5 heterocycles. The fourth-order valence-electron chi connectivity index (χ4n) is 7.51. The van der Waals surface area contributed by atoms with Gasteiger partial charge in [0, 0.05) is 13.8 Å². The number of rotatable bonds is 12. The van der Waals surface area contributed by atoms with E-state index in [1.807, 2.05) is 0 Å². The second-order valence-electron chi connectivity index (χ2n) is 15.2. The maximum atomic E-state index is 12.3. The molecule has 5 saturated heterocycles. The lowest BCUT2D eigenvalue weighted by atomic mass is 9.95. The van der Waals surface area contributed by atoms with Crippen LogP contribution in [0.3, 0.4) is 0 Å². The highest BCUT2D eigenvalue weighted by Crippen LogP contribution is 2.37. The van der Waals surface area contributed by atoms with Crippen molar-refractivity contribution in [2.24, 2.45) is 0 Å². The maximum Gasteiger partial charge on any atom is 0.303 e. The van der Waals surface area contributed by atoms with Crippen LogP contribution in [0.25, 0.3) is 0 Å². The molecular weight excluding hydrogens is 806 g/mol. The van der Waals surface area contributed by atoms with Crippen molar-refractivity contribution in [1.82, 2.24) is 5.32 Å². The third-order valence-electron chi connectivity index (χ3n) is 10.9. The zero-order chi connectivity index (χ0) is 43.8. The van der Waals surface area contributed by atoms with Gasteiger partial charge in [-0.15, -0.1) is 0 Å². The second-order valence-corrected chi connectivity index (χ2v) is 15.2. The summed E-state index contributed by atoms with van der Waals surface area (Å²) in [6, 6.07) is -1.61. The molecular formula is C34H57NO24. The highest BCUT2D eigenvalue weighted by Gasteiger charge is 2.57. The van der Waals surface area contributed by atoms with Gasteiger partial charge in [0.2, 0.25) is 5.91 Å². The predicted molar refractivity (Wildman–Crippen MR) is 183 cm³/mol. The summed E-state index contributed by atoms with van der Waals surface area (Å²) in [5.41, 5.74) is 0. The van der Waals surface area contributed by atoms with Gasteiger partial charge in [0.1, 0.15) is 97.6 Å². The van der Waals surface area contributed by atoms with Crippen molar-refractivity contribution in [1.29, 1.82) is 0 Å². The second kappa shape index (κ2) is 20.1. The van der Waals surface area contributed by atoms with Gasteiger partial charge in [-0.1, -0.05) is 0 Å². The highest BCUT2D eigenvalue weighted by molar-refractivity contribution is 5.73. The van der Waals surface area contributed by atoms with Crippen LogP contribution >= 0.6 is 0 Å². The highest BCUT2D eigenvalue weighted by atomic mass is 16.8. The van der Waals surface area contributed by atoms with E-state index < -0.39 is 179 Å². The normalized spacial score (nSPS) is 50.8. The minimum atomic E-state index is -2.02. The Morgan fingerprint density at radius 2 is 0.932 bits per heavy atom. The third kappa shape index (κ3) is 10.3. The van der Waals surface area contributed by atoms with E-state index in [0.29, 0.717) is 0 Å². The number of esters is 1. The molecule has 13 N–H and O–H groups in total. The molecule has 0 unspecified atom stereocenters. The molecule has 0 radical (unpaired) electrons. The first-order valence-electron chi connectivity index (χ1n) is 19.1. The lowest BCUT2D eigenvalue weighted by molar-refractivity contribution is -0.408. The van der Waals surface area contributed by atoms with Gasteiger partial charge in [-0.2, -0.15) is 0 Å². The Morgan fingerprint density at radius 1 is 0.475 bits per heavy atom. The molecule has 0 aromatic heterocycles. The summed E-state index contributed by atoms with van der Waals surface area (Å²) in [6.45, 7) is 4.40. The van der Waals surface area contributed by atoms with E-state index in [9.17, 15) is 70.9 Å². The number of nitrogens with one attached hydrogen (secondary N) is 1. The fourth-order valence-corrected chi connectivity index (χ4v) is 7.51. The number of aliphatic hydroxyl groups excluding tert-OH is 12. The third-order valence-corrected chi connectivity index (χ3v) is 10.9. The topological polar surface area (TPSA) is 381 Å². The number of amides is 1. The number of hydrogen-bond acceptors (Lipinski definition) is 24. The summed E-state index contributed by atoms with van der Waals surface area (Å²) >= 11 is 0. The Kier molecular flexibility index (Phi) is 16.4. The lowest BCUT2D eigenvalue weighted by Crippen LogP contribution is -2.69. The molecule has 0 spiro atoms. The number of aliphatic hydroxyl groups is 12. The van der Waals surface area contributed by atoms with E-state index in [2.05, 4.69) is 5.32 Å². The van der Waals surface area contributed by atoms with E-state index >= 15 is 0 Å². The minimum Gasteiger partial charge on any atom is -0.454 e. The molecule has 0 aliphatic carbocycles. The Bertz CT molecular complexity index is 1380. The Balaban J connectivity index is 1.54. The quantitative estimate of drug-likeness (QED) is 0.0810.